The van der Waals surface area contributed by atoms with Crippen LogP contribution in [-0.2, 0) is 6.42 Å². The van der Waals surface area contributed by atoms with Gasteiger partial charge in [-0.05, 0) is 39.9 Å². The second kappa shape index (κ2) is 7.71. The number of hydrogen-bond acceptors (Lipinski definition) is 3. The molecule has 0 unspecified atom stereocenters. The van der Waals surface area contributed by atoms with Crippen LogP contribution in [0.5, 0.6) is 5.75 Å². The topological polar surface area (TPSA) is 21.3 Å². The van der Waals surface area contributed by atoms with Gasteiger partial charge in [0.2, 0.25) is 0 Å². The Hall–Kier alpha value is -0.980. The molecule has 0 spiro atoms. The highest BCUT2D eigenvalue weighted by Gasteiger charge is 2.10. The number of halogens is 3. The minimum atomic E-state index is -0.699. The van der Waals surface area contributed by atoms with E-state index in [4.69, 9.17) is 4.74 Å². The average Bonchev–Trinajstić information content (AvgIpc) is 2.89. The van der Waals surface area contributed by atoms with Crippen LogP contribution in [0.2, 0.25) is 0 Å². The summed E-state index contributed by atoms with van der Waals surface area (Å²) >= 11 is 4.81. The molecule has 1 N–H and O–H groups in total. The summed E-state index contributed by atoms with van der Waals surface area (Å²) in [6.45, 7) is 1.77. The summed E-state index contributed by atoms with van der Waals surface area (Å²) < 4.78 is 32.0. The van der Waals surface area contributed by atoms with Crippen LogP contribution >= 0.6 is 27.3 Å². The first-order valence-corrected chi connectivity index (χ1v) is 7.84. The molecule has 0 saturated heterocycles. The Balaban J connectivity index is 1.68. The lowest BCUT2D eigenvalue weighted by Gasteiger charge is -2.10. The number of rotatable bonds is 7. The van der Waals surface area contributed by atoms with E-state index in [1.807, 2.05) is 11.4 Å². The van der Waals surface area contributed by atoms with Gasteiger partial charge in [0.05, 0.1) is 4.47 Å². The van der Waals surface area contributed by atoms with E-state index in [0.717, 1.165) is 19.0 Å². The molecule has 1 aromatic carbocycles. The van der Waals surface area contributed by atoms with Gasteiger partial charge in [-0.15, -0.1) is 11.3 Å². The van der Waals surface area contributed by atoms with Crippen molar-refractivity contribution in [3.05, 3.63) is 50.6 Å². The first-order valence-electron chi connectivity index (χ1n) is 6.17. The zero-order valence-electron chi connectivity index (χ0n) is 10.7. The molecule has 0 saturated carbocycles. The monoisotopic (exact) mass is 361 g/mol. The summed E-state index contributed by atoms with van der Waals surface area (Å²) in [6.07, 6.45) is 0.965. The van der Waals surface area contributed by atoms with Crippen molar-refractivity contribution >= 4 is 27.3 Å². The van der Waals surface area contributed by atoms with Crippen LogP contribution in [0.15, 0.2) is 34.1 Å². The quantitative estimate of drug-likeness (QED) is 0.752. The Morgan fingerprint density at radius 1 is 1.25 bits per heavy atom. The van der Waals surface area contributed by atoms with Crippen molar-refractivity contribution in [3.63, 3.8) is 0 Å². The molecule has 0 fully saturated rings. The summed E-state index contributed by atoms with van der Waals surface area (Å²) in [6, 6.07) is 6.11. The molecule has 2 aromatic rings. The Bertz CT molecular complexity index is 525. The van der Waals surface area contributed by atoms with Crippen molar-refractivity contribution < 1.29 is 13.5 Å². The lowest BCUT2D eigenvalue weighted by molar-refractivity contribution is 0.296. The van der Waals surface area contributed by atoms with Crippen molar-refractivity contribution in [2.75, 3.05) is 19.7 Å². The first-order chi connectivity index (χ1) is 9.66. The van der Waals surface area contributed by atoms with Gasteiger partial charge in [0.15, 0.2) is 11.6 Å². The predicted molar refractivity (Wildman–Crippen MR) is 80.4 cm³/mol. The predicted octanol–water partition coefficient (Wildman–Crippen LogP) is 4.00. The highest BCUT2D eigenvalue weighted by molar-refractivity contribution is 9.10. The van der Waals surface area contributed by atoms with Gasteiger partial charge < -0.3 is 10.1 Å². The first kappa shape index (κ1) is 15.4. The van der Waals surface area contributed by atoms with E-state index < -0.39 is 11.6 Å². The third kappa shape index (κ3) is 4.54. The van der Waals surface area contributed by atoms with Crippen LogP contribution in [0.25, 0.3) is 0 Å². The Morgan fingerprint density at radius 3 is 2.80 bits per heavy atom. The highest BCUT2D eigenvalue weighted by Crippen LogP contribution is 2.28. The fraction of sp³-hybridized carbons (Fsp3) is 0.286. The summed E-state index contributed by atoms with van der Waals surface area (Å²) in [7, 11) is 0. The van der Waals surface area contributed by atoms with Gasteiger partial charge in [-0.3, -0.25) is 0 Å². The summed E-state index contributed by atoms with van der Waals surface area (Å²) in [5.41, 5.74) is 0. The van der Waals surface area contributed by atoms with E-state index in [-0.39, 0.29) is 10.2 Å². The molecule has 0 amide bonds. The van der Waals surface area contributed by atoms with Crippen molar-refractivity contribution in [2.45, 2.75) is 6.42 Å². The van der Waals surface area contributed by atoms with Crippen LogP contribution in [0.4, 0.5) is 8.78 Å². The van der Waals surface area contributed by atoms with Crippen LogP contribution in [-0.4, -0.2) is 19.7 Å². The molecule has 1 aromatic heterocycles. The van der Waals surface area contributed by atoms with Crippen molar-refractivity contribution in [2.24, 2.45) is 0 Å². The molecular formula is C14H14BrF2NOS. The van der Waals surface area contributed by atoms with Crippen LogP contribution in [0.1, 0.15) is 4.88 Å². The van der Waals surface area contributed by atoms with Gasteiger partial charge in [-0.2, -0.15) is 0 Å². The van der Waals surface area contributed by atoms with Gasteiger partial charge in [0.25, 0.3) is 0 Å². The largest absolute Gasteiger partial charge is 0.488 e. The second-order valence-corrected chi connectivity index (χ2v) is 6.01. The molecule has 0 aliphatic carbocycles. The summed E-state index contributed by atoms with van der Waals surface area (Å²) in [4.78, 5) is 1.32. The van der Waals surface area contributed by atoms with Crippen LogP contribution in [0, 0.1) is 11.6 Å². The minimum Gasteiger partial charge on any atom is -0.488 e. The SMILES string of the molecule is Fc1cc(F)c(OCCNCCc2cccs2)c(Br)c1. The minimum absolute atomic E-state index is 0.0476. The van der Waals surface area contributed by atoms with E-state index in [0.29, 0.717) is 13.2 Å². The smallest absolute Gasteiger partial charge is 0.169 e. The molecule has 1 heterocycles. The number of thiophene rings is 1. The standard InChI is InChI=1S/C14H14BrF2NOS/c15-12-8-10(16)9-13(17)14(12)19-6-5-18-4-3-11-2-1-7-20-11/h1-2,7-9,18H,3-6H2. The van der Waals surface area contributed by atoms with Gasteiger partial charge in [0, 0.05) is 24.0 Å². The van der Waals surface area contributed by atoms with Crippen LogP contribution < -0.4 is 10.1 Å². The molecule has 6 heteroatoms. The maximum absolute atomic E-state index is 13.5. The van der Waals surface area contributed by atoms with E-state index in [9.17, 15) is 8.78 Å². The molecule has 2 rings (SSSR count). The Kier molecular flexibility index (Phi) is 5.94. The molecule has 0 bridgehead atoms. The molecule has 2 nitrogen and oxygen atoms in total. The molecule has 20 heavy (non-hydrogen) atoms. The van der Waals surface area contributed by atoms with Gasteiger partial charge >= 0.3 is 0 Å². The van der Waals surface area contributed by atoms with Gasteiger partial charge in [0.1, 0.15) is 12.4 Å². The maximum Gasteiger partial charge on any atom is 0.169 e. The zero-order chi connectivity index (χ0) is 14.4. The van der Waals surface area contributed by atoms with E-state index >= 15 is 0 Å². The third-order valence-corrected chi connectivity index (χ3v) is 4.14. The van der Waals surface area contributed by atoms with Crippen molar-refractivity contribution in [3.8, 4) is 5.75 Å². The average molecular weight is 362 g/mol. The summed E-state index contributed by atoms with van der Waals surface area (Å²) in [5.74, 6) is -1.28. The Morgan fingerprint density at radius 2 is 2.10 bits per heavy atom. The van der Waals surface area contributed by atoms with Gasteiger partial charge in [-0.25, -0.2) is 8.78 Å². The normalized spacial score (nSPS) is 10.8. The number of ether oxygens (including phenoxy) is 1. The molecule has 0 aliphatic heterocycles. The van der Waals surface area contributed by atoms with E-state index in [2.05, 4.69) is 27.3 Å². The zero-order valence-corrected chi connectivity index (χ0v) is 13.1. The van der Waals surface area contributed by atoms with Gasteiger partial charge in [-0.1, -0.05) is 6.07 Å². The Labute approximate surface area is 128 Å². The lowest BCUT2D eigenvalue weighted by Crippen LogP contribution is -2.23. The number of hydrogen-bond donors (Lipinski definition) is 1. The summed E-state index contributed by atoms with van der Waals surface area (Å²) in [5, 5.41) is 5.26. The van der Waals surface area contributed by atoms with Crippen molar-refractivity contribution in [1.29, 1.82) is 0 Å². The maximum atomic E-state index is 13.5. The van der Waals surface area contributed by atoms with Crippen LogP contribution in [0.3, 0.4) is 0 Å². The molecule has 108 valence electrons. The highest BCUT2D eigenvalue weighted by atomic mass is 79.9. The molecule has 0 radical (unpaired) electrons. The second-order valence-electron chi connectivity index (χ2n) is 4.13. The lowest BCUT2D eigenvalue weighted by atomic mass is 10.3. The fourth-order valence-corrected chi connectivity index (χ4v) is 2.92. The fourth-order valence-electron chi connectivity index (χ4n) is 1.68. The molecule has 0 aliphatic rings. The van der Waals surface area contributed by atoms with E-state index in [1.54, 1.807) is 11.3 Å². The van der Waals surface area contributed by atoms with E-state index in [1.165, 1.54) is 10.9 Å². The molecular weight excluding hydrogens is 348 g/mol. The molecule has 0 atom stereocenters. The third-order valence-electron chi connectivity index (χ3n) is 2.62. The number of nitrogens with one attached hydrogen (secondary N) is 1. The number of benzene rings is 1. The van der Waals surface area contributed by atoms with Crippen molar-refractivity contribution in [1.82, 2.24) is 5.32 Å².